The molecule has 2 aromatic carbocycles. The van der Waals surface area contributed by atoms with E-state index in [1.807, 2.05) is 37.4 Å². The molecule has 0 saturated heterocycles. The predicted octanol–water partition coefficient (Wildman–Crippen LogP) is 5.07. The summed E-state index contributed by atoms with van der Waals surface area (Å²) in [6, 6.07) is 14.5. The molecule has 0 heterocycles. The smallest absolute Gasteiger partial charge is 0.263 e. The van der Waals surface area contributed by atoms with Gasteiger partial charge in [-0.2, -0.15) is 8.42 Å². The first-order valence-corrected chi connectivity index (χ1v) is 10.6. The maximum absolute atomic E-state index is 12.3. The van der Waals surface area contributed by atoms with Crippen LogP contribution in [0.2, 0.25) is 0 Å². The first-order chi connectivity index (χ1) is 10.8. The fourth-order valence-corrected chi connectivity index (χ4v) is 3.94. The summed E-state index contributed by atoms with van der Waals surface area (Å²) in [6.07, 6.45) is 1.57. The van der Waals surface area contributed by atoms with Crippen LogP contribution in [0, 0.1) is 0 Å². The zero-order valence-electron chi connectivity index (χ0n) is 13.2. The molecule has 124 valence electrons. The van der Waals surface area contributed by atoms with Gasteiger partial charge in [-0.05, 0) is 55.1 Å². The highest BCUT2D eigenvalue weighted by Crippen LogP contribution is 2.27. The lowest BCUT2D eigenvalue weighted by molar-refractivity contribution is 0.203. The molecule has 0 fully saturated rings. The summed E-state index contributed by atoms with van der Waals surface area (Å²) in [4.78, 5) is 1.34. The molecule has 0 unspecified atom stereocenters. The minimum absolute atomic E-state index is 0.0314. The van der Waals surface area contributed by atoms with E-state index in [4.69, 9.17) is 4.18 Å². The summed E-state index contributed by atoms with van der Waals surface area (Å²) in [6.45, 7) is 3.75. The van der Waals surface area contributed by atoms with Gasteiger partial charge in [-0.25, -0.2) is 0 Å². The number of hydrogen-bond donors (Lipinski definition) is 0. The van der Waals surface area contributed by atoms with Crippen LogP contribution in [0.1, 0.15) is 25.3 Å². The zero-order chi connectivity index (χ0) is 17.0. The topological polar surface area (TPSA) is 43.4 Å². The second-order valence-electron chi connectivity index (χ2n) is 5.27. The van der Waals surface area contributed by atoms with Crippen LogP contribution < -0.4 is 0 Å². The molecule has 0 spiro atoms. The van der Waals surface area contributed by atoms with Gasteiger partial charge in [-0.1, -0.05) is 35.0 Å². The molecule has 6 heteroatoms. The van der Waals surface area contributed by atoms with Crippen molar-refractivity contribution in [3.63, 3.8) is 0 Å². The standard InChI is InChI=1S/C17H19BrO3S2/c1-12(14-4-8-16(22-3)9-5-14)13(2)21-23(19,20)17-10-6-15(18)7-11-17/h4-13H,1-3H3/t12-,13-/m1/s1. The van der Waals surface area contributed by atoms with Gasteiger partial charge in [-0.3, -0.25) is 4.18 Å². The van der Waals surface area contributed by atoms with Crippen molar-refractivity contribution in [3.8, 4) is 0 Å². The fourth-order valence-electron chi connectivity index (χ4n) is 2.12. The Morgan fingerprint density at radius 2 is 1.57 bits per heavy atom. The van der Waals surface area contributed by atoms with Crippen LogP contribution in [0.5, 0.6) is 0 Å². The molecule has 0 aliphatic carbocycles. The van der Waals surface area contributed by atoms with E-state index in [1.54, 1.807) is 30.8 Å². The molecular weight excluding hydrogens is 396 g/mol. The Kier molecular flexibility index (Phi) is 6.31. The average molecular weight is 415 g/mol. The highest BCUT2D eigenvalue weighted by atomic mass is 79.9. The highest BCUT2D eigenvalue weighted by Gasteiger charge is 2.23. The van der Waals surface area contributed by atoms with Crippen LogP contribution in [-0.2, 0) is 14.3 Å². The summed E-state index contributed by atoms with van der Waals surface area (Å²) in [5, 5.41) is 0. The van der Waals surface area contributed by atoms with Crippen molar-refractivity contribution in [3.05, 3.63) is 58.6 Å². The van der Waals surface area contributed by atoms with Crippen LogP contribution in [0.25, 0.3) is 0 Å². The SMILES string of the molecule is CSc1ccc([C@H](C)[C@@H](C)OS(=O)(=O)c2ccc(Br)cc2)cc1. The molecule has 0 saturated carbocycles. The highest BCUT2D eigenvalue weighted by molar-refractivity contribution is 9.10. The normalized spacial score (nSPS) is 14.4. The van der Waals surface area contributed by atoms with Crippen molar-refractivity contribution in [2.75, 3.05) is 6.26 Å². The lowest BCUT2D eigenvalue weighted by atomic mass is 9.97. The van der Waals surface area contributed by atoms with Crippen molar-refractivity contribution >= 4 is 37.8 Å². The van der Waals surface area contributed by atoms with Crippen LogP contribution in [0.4, 0.5) is 0 Å². The van der Waals surface area contributed by atoms with Crippen LogP contribution >= 0.6 is 27.7 Å². The van der Waals surface area contributed by atoms with E-state index in [0.29, 0.717) is 0 Å². The number of benzene rings is 2. The summed E-state index contributed by atoms with van der Waals surface area (Å²) >= 11 is 4.97. The average Bonchev–Trinajstić information content (AvgIpc) is 2.54. The van der Waals surface area contributed by atoms with Gasteiger partial charge in [0.05, 0.1) is 11.0 Å². The first-order valence-electron chi connectivity index (χ1n) is 7.16. The lowest BCUT2D eigenvalue weighted by Gasteiger charge is -2.20. The molecule has 0 aliphatic rings. The Hall–Kier alpha value is -0.820. The van der Waals surface area contributed by atoms with Gasteiger partial charge in [0, 0.05) is 15.3 Å². The van der Waals surface area contributed by atoms with E-state index >= 15 is 0 Å². The van der Waals surface area contributed by atoms with Gasteiger partial charge in [0.15, 0.2) is 0 Å². The van der Waals surface area contributed by atoms with Crippen LogP contribution in [0.3, 0.4) is 0 Å². The van der Waals surface area contributed by atoms with E-state index in [1.165, 1.54) is 17.0 Å². The summed E-state index contributed by atoms with van der Waals surface area (Å²) in [7, 11) is -3.77. The molecule has 0 N–H and O–H groups in total. The Balaban J connectivity index is 2.12. The van der Waals surface area contributed by atoms with Gasteiger partial charge < -0.3 is 0 Å². The van der Waals surface area contributed by atoms with E-state index < -0.39 is 16.2 Å². The molecule has 2 atom stereocenters. The molecule has 2 rings (SSSR count). The first kappa shape index (κ1) is 18.5. The minimum Gasteiger partial charge on any atom is -0.263 e. The van der Waals surface area contributed by atoms with Gasteiger partial charge in [0.2, 0.25) is 0 Å². The molecule has 0 aliphatic heterocycles. The monoisotopic (exact) mass is 414 g/mol. The van der Waals surface area contributed by atoms with E-state index in [2.05, 4.69) is 15.9 Å². The Morgan fingerprint density at radius 1 is 1.00 bits per heavy atom. The lowest BCUT2D eigenvalue weighted by Crippen LogP contribution is -2.21. The zero-order valence-corrected chi connectivity index (χ0v) is 16.4. The van der Waals surface area contributed by atoms with Gasteiger partial charge in [0.25, 0.3) is 10.1 Å². The van der Waals surface area contributed by atoms with Gasteiger partial charge >= 0.3 is 0 Å². The Labute approximate surface area is 150 Å². The largest absolute Gasteiger partial charge is 0.297 e. The van der Waals surface area contributed by atoms with Crippen molar-refractivity contribution in [1.29, 1.82) is 0 Å². The van der Waals surface area contributed by atoms with E-state index in [0.717, 1.165) is 10.0 Å². The molecular formula is C17H19BrO3S2. The Morgan fingerprint density at radius 3 is 2.09 bits per heavy atom. The van der Waals surface area contributed by atoms with E-state index in [9.17, 15) is 8.42 Å². The van der Waals surface area contributed by atoms with Crippen LogP contribution in [0.15, 0.2) is 62.8 Å². The third kappa shape index (κ3) is 4.83. The molecule has 3 nitrogen and oxygen atoms in total. The maximum atomic E-state index is 12.3. The van der Waals surface area contributed by atoms with Gasteiger partial charge in [-0.15, -0.1) is 11.8 Å². The summed E-state index contributed by atoms with van der Waals surface area (Å²) in [5.41, 5.74) is 1.06. The molecule has 0 bridgehead atoms. The van der Waals surface area contributed by atoms with Crippen molar-refractivity contribution in [2.45, 2.75) is 35.7 Å². The number of rotatable bonds is 6. The quantitative estimate of drug-likeness (QED) is 0.488. The molecule has 0 amide bonds. The maximum Gasteiger partial charge on any atom is 0.297 e. The second-order valence-corrected chi connectivity index (χ2v) is 8.64. The van der Waals surface area contributed by atoms with Crippen molar-refractivity contribution in [1.82, 2.24) is 0 Å². The van der Waals surface area contributed by atoms with Crippen molar-refractivity contribution < 1.29 is 12.6 Å². The van der Waals surface area contributed by atoms with Gasteiger partial charge in [0.1, 0.15) is 0 Å². The molecule has 0 radical (unpaired) electrons. The van der Waals surface area contributed by atoms with Crippen molar-refractivity contribution in [2.24, 2.45) is 0 Å². The fraction of sp³-hybridized carbons (Fsp3) is 0.294. The number of thioether (sulfide) groups is 1. The molecule has 2 aromatic rings. The molecule has 0 aromatic heterocycles. The third-order valence-electron chi connectivity index (χ3n) is 3.73. The van der Waals surface area contributed by atoms with Crippen LogP contribution in [-0.4, -0.2) is 20.8 Å². The second kappa shape index (κ2) is 7.83. The van der Waals surface area contributed by atoms with E-state index in [-0.39, 0.29) is 10.8 Å². The predicted molar refractivity (Wildman–Crippen MR) is 98.5 cm³/mol. The number of halogens is 1. The minimum atomic E-state index is -3.77. The molecule has 23 heavy (non-hydrogen) atoms. The summed E-state index contributed by atoms with van der Waals surface area (Å²) in [5.74, 6) is -0.0314. The summed E-state index contributed by atoms with van der Waals surface area (Å²) < 4.78 is 30.9. The Bertz CT molecular complexity index is 740. The number of hydrogen-bond acceptors (Lipinski definition) is 4. The third-order valence-corrected chi connectivity index (χ3v) is 6.41.